The zero-order valence-corrected chi connectivity index (χ0v) is 9.65. The van der Waals surface area contributed by atoms with Crippen molar-refractivity contribution in [3.05, 3.63) is 35.9 Å². The second-order valence-corrected chi connectivity index (χ2v) is 4.39. The maximum Gasteiger partial charge on any atom is 0.0681 e. The molecule has 0 atom stereocenters. The molecule has 0 aromatic heterocycles. The van der Waals surface area contributed by atoms with Gasteiger partial charge in [-0.1, -0.05) is 69.4 Å². The smallest absolute Gasteiger partial charge is 0.0681 e. The van der Waals surface area contributed by atoms with Crippen molar-refractivity contribution in [1.82, 2.24) is 0 Å². The fourth-order valence-corrected chi connectivity index (χ4v) is 1.89. The first-order valence-corrected chi connectivity index (χ1v) is 5.97. The van der Waals surface area contributed by atoms with E-state index in [4.69, 9.17) is 5.11 Å². The highest BCUT2D eigenvalue weighted by atomic mass is 16.3. The molecule has 1 saturated carbocycles. The molecular weight excluding hydrogens is 184 g/mol. The SMILES string of the molecule is CC1CCCCC1.OCc1ccccc1. The van der Waals surface area contributed by atoms with Crippen molar-refractivity contribution in [3.8, 4) is 0 Å². The van der Waals surface area contributed by atoms with E-state index in [-0.39, 0.29) is 6.61 Å². The number of rotatable bonds is 1. The van der Waals surface area contributed by atoms with Crippen LogP contribution < -0.4 is 0 Å². The van der Waals surface area contributed by atoms with Crippen molar-refractivity contribution in [3.63, 3.8) is 0 Å². The summed E-state index contributed by atoms with van der Waals surface area (Å²) in [5.41, 5.74) is 0.965. The lowest BCUT2D eigenvalue weighted by Crippen LogP contribution is -1.99. The normalized spacial score (nSPS) is 16.7. The molecule has 0 spiro atoms. The molecular formula is C14H22O. The van der Waals surface area contributed by atoms with Gasteiger partial charge in [-0.05, 0) is 11.5 Å². The van der Waals surface area contributed by atoms with Crippen LogP contribution in [0.1, 0.15) is 44.6 Å². The van der Waals surface area contributed by atoms with Crippen LogP contribution in [0.2, 0.25) is 0 Å². The molecule has 0 bridgehead atoms. The highest BCUT2D eigenvalue weighted by molar-refractivity contribution is 5.12. The van der Waals surface area contributed by atoms with Gasteiger partial charge in [0.15, 0.2) is 0 Å². The molecule has 1 aliphatic carbocycles. The predicted molar refractivity (Wildman–Crippen MR) is 64.6 cm³/mol. The van der Waals surface area contributed by atoms with Crippen molar-refractivity contribution < 1.29 is 5.11 Å². The zero-order valence-electron chi connectivity index (χ0n) is 9.65. The van der Waals surface area contributed by atoms with Gasteiger partial charge in [-0.3, -0.25) is 0 Å². The lowest BCUT2D eigenvalue weighted by atomic mass is 9.91. The summed E-state index contributed by atoms with van der Waals surface area (Å²) in [6.45, 7) is 2.50. The number of aliphatic hydroxyl groups excluding tert-OH is 1. The van der Waals surface area contributed by atoms with Crippen molar-refractivity contribution in [1.29, 1.82) is 0 Å². The third kappa shape index (κ3) is 5.58. The van der Waals surface area contributed by atoms with E-state index in [0.29, 0.717) is 0 Å². The van der Waals surface area contributed by atoms with Crippen LogP contribution in [0, 0.1) is 5.92 Å². The van der Waals surface area contributed by atoms with Gasteiger partial charge >= 0.3 is 0 Å². The Balaban J connectivity index is 0.000000151. The van der Waals surface area contributed by atoms with E-state index < -0.39 is 0 Å². The second kappa shape index (κ2) is 7.47. The molecule has 0 amide bonds. The van der Waals surface area contributed by atoms with Crippen LogP contribution in [-0.2, 0) is 6.61 Å². The standard InChI is InChI=1S/C7H8O.C7H14/c8-6-7-4-2-1-3-5-7;1-7-5-3-2-4-6-7/h1-5,8H,6H2;7H,2-6H2,1H3. The molecule has 15 heavy (non-hydrogen) atoms. The topological polar surface area (TPSA) is 20.2 Å². The molecule has 1 aliphatic rings. The van der Waals surface area contributed by atoms with E-state index in [1.54, 1.807) is 0 Å². The largest absolute Gasteiger partial charge is 0.392 e. The fourth-order valence-electron chi connectivity index (χ4n) is 1.89. The number of benzene rings is 1. The van der Waals surface area contributed by atoms with E-state index in [1.165, 1.54) is 32.1 Å². The lowest BCUT2D eigenvalue weighted by molar-refractivity contribution is 0.282. The van der Waals surface area contributed by atoms with Crippen LogP contribution in [0.5, 0.6) is 0 Å². The monoisotopic (exact) mass is 206 g/mol. The van der Waals surface area contributed by atoms with Crippen molar-refractivity contribution >= 4 is 0 Å². The zero-order chi connectivity index (χ0) is 10.9. The number of aliphatic hydroxyl groups is 1. The van der Waals surface area contributed by atoms with Crippen LogP contribution in [0.15, 0.2) is 30.3 Å². The van der Waals surface area contributed by atoms with Crippen molar-refractivity contribution in [2.24, 2.45) is 5.92 Å². The van der Waals surface area contributed by atoms with E-state index in [0.717, 1.165) is 11.5 Å². The molecule has 1 aromatic carbocycles. The maximum atomic E-state index is 8.54. The molecule has 1 nitrogen and oxygen atoms in total. The molecule has 1 aromatic rings. The minimum atomic E-state index is 0.140. The van der Waals surface area contributed by atoms with Crippen LogP contribution >= 0.6 is 0 Å². The molecule has 1 heteroatoms. The molecule has 1 N–H and O–H groups in total. The van der Waals surface area contributed by atoms with E-state index in [9.17, 15) is 0 Å². The summed E-state index contributed by atoms with van der Waals surface area (Å²) in [6, 6.07) is 9.52. The quantitative estimate of drug-likeness (QED) is 0.741. The van der Waals surface area contributed by atoms with Gasteiger partial charge in [-0.25, -0.2) is 0 Å². The van der Waals surface area contributed by atoms with E-state index >= 15 is 0 Å². The van der Waals surface area contributed by atoms with Gasteiger partial charge in [0.05, 0.1) is 6.61 Å². The molecule has 0 heterocycles. The van der Waals surface area contributed by atoms with Crippen LogP contribution in [0.4, 0.5) is 0 Å². The molecule has 0 aliphatic heterocycles. The summed E-state index contributed by atoms with van der Waals surface area (Å²) in [6.07, 6.45) is 7.44. The van der Waals surface area contributed by atoms with Gasteiger partial charge in [0.2, 0.25) is 0 Å². The first-order valence-electron chi connectivity index (χ1n) is 5.97. The number of hydrogen-bond donors (Lipinski definition) is 1. The van der Waals surface area contributed by atoms with Crippen LogP contribution in [-0.4, -0.2) is 5.11 Å². The average molecular weight is 206 g/mol. The van der Waals surface area contributed by atoms with Crippen molar-refractivity contribution in [2.45, 2.75) is 45.6 Å². The second-order valence-electron chi connectivity index (χ2n) is 4.39. The molecule has 84 valence electrons. The Hall–Kier alpha value is -0.820. The highest BCUT2D eigenvalue weighted by Crippen LogP contribution is 2.22. The summed E-state index contributed by atoms with van der Waals surface area (Å²) in [5.74, 6) is 1.04. The molecule has 0 radical (unpaired) electrons. The summed E-state index contributed by atoms with van der Waals surface area (Å²) < 4.78 is 0. The molecule has 0 unspecified atom stereocenters. The first-order chi connectivity index (χ1) is 7.33. The van der Waals surface area contributed by atoms with Crippen LogP contribution in [0.25, 0.3) is 0 Å². The Morgan fingerprint density at radius 3 is 2.00 bits per heavy atom. The number of hydrogen-bond acceptors (Lipinski definition) is 1. The third-order valence-corrected chi connectivity index (χ3v) is 2.92. The summed E-state index contributed by atoms with van der Waals surface area (Å²) >= 11 is 0. The molecule has 0 saturated heterocycles. The molecule has 1 fully saturated rings. The fraction of sp³-hybridized carbons (Fsp3) is 0.571. The van der Waals surface area contributed by atoms with Gasteiger partial charge < -0.3 is 5.11 Å². The summed E-state index contributed by atoms with van der Waals surface area (Å²) in [5, 5.41) is 8.54. The summed E-state index contributed by atoms with van der Waals surface area (Å²) in [7, 11) is 0. The Labute approximate surface area is 93.1 Å². The average Bonchev–Trinajstić information content (AvgIpc) is 2.32. The van der Waals surface area contributed by atoms with Gasteiger partial charge in [-0.2, -0.15) is 0 Å². The highest BCUT2D eigenvalue weighted by Gasteiger charge is 2.05. The Bertz CT molecular complexity index is 237. The van der Waals surface area contributed by atoms with Gasteiger partial charge in [0, 0.05) is 0 Å². The molecule has 2 rings (SSSR count). The Morgan fingerprint density at radius 2 is 1.67 bits per heavy atom. The van der Waals surface area contributed by atoms with Gasteiger partial charge in [0.25, 0.3) is 0 Å². The van der Waals surface area contributed by atoms with Gasteiger partial charge in [-0.15, -0.1) is 0 Å². The van der Waals surface area contributed by atoms with Gasteiger partial charge in [0.1, 0.15) is 0 Å². The summed E-state index contributed by atoms with van der Waals surface area (Å²) in [4.78, 5) is 0. The van der Waals surface area contributed by atoms with Crippen LogP contribution in [0.3, 0.4) is 0 Å². The first kappa shape index (κ1) is 12.3. The Kier molecular flexibility index (Phi) is 6.10. The lowest BCUT2D eigenvalue weighted by Gasteiger charge is -2.15. The minimum Gasteiger partial charge on any atom is -0.392 e. The predicted octanol–water partition coefficient (Wildman–Crippen LogP) is 3.77. The third-order valence-electron chi connectivity index (χ3n) is 2.92. The van der Waals surface area contributed by atoms with E-state index in [2.05, 4.69) is 6.92 Å². The minimum absolute atomic E-state index is 0.140. The Morgan fingerprint density at radius 1 is 1.07 bits per heavy atom. The maximum absolute atomic E-state index is 8.54. The van der Waals surface area contributed by atoms with Crippen molar-refractivity contribution in [2.75, 3.05) is 0 Å². The van der Waals surface area contributed by atoms with E-state index in [1.807, 2.05) is 30.3 Å².